The fraction of sp³-hybridized carbons (Fsp3) is 0.538. The van der Waals surface area contributed by atoms with E-state index in [0.29, 0.717) is 17.9 Å². The lowest BCUT2D eigenvalue weighted by Crippen LogP contribution is -2.45. The van der Waals surface area contributed by atoms with E-state index < -0.39 is 5.82 Å². The Hall–Kier alpha value is -1.04. The molecule has 1 heterocycles. The molecule has 1 atom stereocenters. The van der Waals surface area contributed by atoms with Crippen molar-refractivity contribution in [3.8, 4) is 0 Å². The van der Waals surface area contributed by atoms with E-state index in [9.17, 15) is 4.39 Å². The molecule has 0 spiro atoms. The number of hydrogen-bond acceptors (Lipinski definition) is 4. The number of nitrogens with one attached hydrogen (secondary N) is 1. The van der Waals surface area contributed by atoms with Gasteiger partial charge in [-0.05, 0) is 12.6 Å². The third kappa shape index (κ3) is 3.72. The zero-order valence-electron chi connectivity index (χ0n) is 11.0. The van der Waals surface area contributed by atoms with Gasteiger partial charge in [-0.25, -0.2) is 4.39 Å². The SMILES string of the molecule is CCN1CCOC(CNc2cc(F)c(Cl)cc2N)C1. The number of nitrogens with zero attached hydrogens (tertiary/aromatic N) is 1. The highest BCUT2D eigenvalue weighted by molar-refractivity contribution is 6.31. The highest BCUT2D eigenvalue weighted by Crippen LogP contribution is 2.26. The van der Waals surface area contributed by atoms with E-state index in [1.54, 1.807) is 0 Å². The van der Waals surface area contributed by atoms with Gasteiger partial charge in [0, 0.05) is 25.7 Å². The molecule has 19 heavy (non-hydrogen) atoms. The number of nitrogen functional groups attached to an aromatic ring is 1. The van der Waals surface area contributed by atoms with Gasteiger partial charge in [-0.1, -0.05) is 18.5 Å². The lowest BCUT2D eigenvalue weighted by molar-refractivity contribution is -0.0191. The van der Waals surface area contributed by atoms with Gasteiger partial charge in [0.2, 0.25) is 0 Å². The minimum Gasteiger partial charge on any atom is -0.397 e. The largest absolute Gasteiger partial charge is 0.397 e. The number of likely N-dealkylation sites (N-methyl/N-ethyl adjacent to an activating group) is 1. The first-order valence-electron chi connectivity index (χ1n) is 6.42. The molecule has 0 saturated carbocycles. The molecule has 3 N–H and O–H groups in total. The van der Waals surface area contributed by atoms with Crippen LogP contribution in [0.5, 0.6) is 0 Å². The lowest BCUT2D eigenvalue weighted by atomic mass is 10.2. The molecule has 1 unspecified atom stereocenters. The van der Waals surface area contributed by atoms with Gasteiger partial charge >= 0.3 is 0 Å². The predicted molar refractivity (Wildman–Crippen MR) is 76.2 cm³/mol. The van der Waals surface area contributed by atoms with Crippen molar-refractivity contribution in [3.05, 3.63) is 23.0 Å². The second-order valence-electron chi connectivity index (χ2n) is 4.62. The fourth-order valence-electron chi connectivity index (χ4n) is 2.13. The van der Waals surface area contributed by atoms with E-state index in [0.717, 1.165) is 26.2 Å². The van der Waals surface area contributed by atoms with Crippen LogP contribution >= 0.6 is 11.6 Å². The molecule has 1 saturated heterocycles. The minimum atomic E-state index is -0.474. The maximum absolute atomic E-state index is 13.4. The van der Waals surface area contributed by atoms with Crippen molar-refractivity contribution in [1.82, 2.24) is 4.90 Å². The molecular weight excluding hydrogens is 269 g/mol. The molecule has 0 aromatic heterocycles. The Labute approximate surface area is 117 Å². The number of ether oxygens (including phenoxy) is 1. The van der Waals surface area contributed by atoms with Gasteiger partial charge in [-0.3, -0.25) is 4.90 Å². The fourth-order valence-corrected chi connectivity index (χ4v) is 2.30. The molecule has 0 amide bonds. The van der Waals surface area contributed by atoms with Crippen LogP contribution in [0.25, 0.3) is 0 Å². The summed E-state index contributed by atoms with van der Waals surface area (Å²) in [5, 5.41) is 3.16. The number of morpholine rings is 1. The Balaban J connectivity index is 1.93. The Morgan fingerprint density at radius 3 is 3.11 bits per heavy atom. The Kier molecular flexibility index (Phi) is 4.85. The van der Waals surface area contributed by atoms with E-state index in [1.165, 1.54) is 12.1 Å². The van der Waals surface area contributed by atoms with Crippen LogP contribution < -0.4 is 11.1 Å². The molecule has 106 valence electrons. The zero-order chi connectivity index (χ0) is 13.8. The molecule has 0 aliphatic carbocycles. The third-order valence-electron chi connectivity index (χ3n) is 3.28. The molecule has 4 nitrogen and oxygen atoms in total. The summed E-state index contributed by atoms with van der Waals surface area (Å²) in [5.41, 5.74) is 6.79. The highest BCUT2D eigenvalue weighted by atomic mass is 35.5. The summed E-state index contributed by atoms with van der Waals surface area (Å²) in [4.78, 5) is 2.32. The third-order valence-corrected chi connectivity index (χ3v) is 3.57. The maximum Gasteiger partial charge on any atom is 0.143 e. The first kappa shape index (κ1) is 14.4. The molecular formula is C13H19ClFN3O. The molecule has 2 rings (SSSR count). The monoisotopic (exact) mass is 287 g/mol. The van der Waals surface area contributed by atoms with E-state index >= 15 is 0 Å². The number of halogens is 2. The van der Waals surface area contributed by atoms with Crippen molar-refractivity contribution in [2.24, 2.45) is 0 Å². The first-order valence-corrected chi connectivity index (χ1v) is 6.80. The van der Waals surface area contributed by atoms with Crippen LogP contribution in [0.2, 0.25) is 5.02 Å². The number of nitrogens with two attached hydrogens (primary N) is 1. The summed E-state index contributed by atoms with van der Waals surface area (Å²) in [6.07, 6.45) is 0.0897. The average Bonchev–Trinajstić information content (AvgIpc) is 2.41. The summed E-state index contributed by atoms with van der Waals surface area (Å²) in [5.74, 6) is -0.474. The molecule has 6 heteroatoms. The van der Waals surface area contributed by atoms with Crippen LogP contribution in [0.4, 0.5) is 15.8 Å². The van der Waals surface area contributed by atoms with Crippen LogP contribution in [0.3, 0.4) is 0 Å². The average molecular weight is 288 g/mol. The number of rotatable bonds is 4. The standard InChI is InChI=1S/C13H19ClFN3O/c1-2-18-3-4-19-9(8-18)7-17-13-6-11(15)10(14)5-12(13)16/h5-6,9,17H,2-4,7-8,16H2,1H3. The quantitative estimate of drug-likeness (QED) is 0.834. The second kappa shape index (κ2) is 6.41. The van der Waals surface area contributed by atoms with Gasteiger partial charge < -0.3 is 15.8 Å². The molecule has 1 aliphatic rings. The normalized spacial score (nSPS) is 20.5. The van der Waals surface area contributed by atoms with Gasteiger partial charge in [0.25, 0.3) is 0 Å². The lowest BCUT2D eigenvalue weighted by Gasteiger charge is -2.32. The summed E-state index contributed by atoms with van der Waals surface area (Å²) < 4.78 is 19.0. The van der Waals surface area contributed by atoms with E-state index in [1.807, 2.05) is 0 Å². The van der Waals surface area contributed by atoms with Crippen molar-refractivity contribution in [1.29, 1.82) is 0 Å². The Bertz CT molecular complexity index is 444. The highest BCUT2D eigenvalue weighted by Gasteiger charge is 2.19. The summed E-state index contributed by atoms with van der Waals surface area (Å²) in [6.45, 7) is 6.30. The molecule has 1 aromatic carbocycles. The topological polar surface area (TPSA) is 50.5 Å². The van der Waals surface area contributed by atoms with Crippen molar-refractivity contribution in [2.45, 2.75) is 13.0 Å². The van der Waals surface area contributed by atoms with Crippen LogP contribution in [-0.2, 0) is 4.74 Å². The number of anilines is 2. The van der Waals surface area contributed by atoms with Crippen molar-refractivity contribution in [3.63, 3.8) is 0 Å². The van der Waals surface area contributed by atoms with Gasteiger partial charge in [0.05, 0.1) is 29.1 Å². The Morgan fingerprint density at radius 1 is 1.58 bits per heavy atom. The second-order valence-corrected chi connectivity index (χ2v) is 5.03. The summed E-state index contributed by atoms with van der Waals surface area (Å²) in [6, 6.07) is 2.73. The van der Waals surface area contributed by atoms with Crippen LogP contribution in [0.1, 0.15) is 6.92 Å². The molecule has 0 radical (unpaired) electrons. The van der Waals surface area contributed by atoms with Gasteiger partial charge in [0.1, 0.15) is 5.82 Å². The number of benzene rings is 1. The zero-order valence-corrected chi connectivity index (χ0v) is 11.7. The first-order chi connectivity index (χ1) is 9.10. The van der Waals surface area contributed by atoms with E-state index in [4.69, 9.17) is 22.1 Å². The molecule has 1 aliphatic heterocycles. The van der Waals surface area contributed by atoms with Crippen LogP contribution in [-0.4, -0.2) is 43.8 Å². The summed E-state index contributed by atoms with van der Waals surface area (Å²) in [7, 11) is 0. The minimum absolute atomic E-state index is 0.0362. The van der Waals surface area contributed by atoms with Crippen molar-refractivity contribution >= 4 is 23.0 Å². The van der Waals surface area contributed by atoms with Crippen LogP contribution in [0.15, 0.2) is 12.1 Å². The van der Waals surface area contributed by atoms with E-state index in [2.05, 4.69) is 17.1 Å². The molecule has 0 bridgehead atoms. The van der Waals surface area contributed by atoms with E-state index in [-0.39, 0.29) is 11.1 Å². The number of hydrogen-bond donors (Lipinski definition) is 2. The van der Waals surface area contributed by atoms with Crippen LogP contribution in [0, 0.1) is 5.82 Å². The predicted octanol–water partition coefficient (Wildman–Crippen LogP) is 2.19. The Morgan fingerprint density at radius 2 is 2.37 bits per heavy atom. The van der Waals surface area contributed by atoms with Crippen molar-refractivity contribution in [2.75, 3.05) is 43.8 Å². The smallest absolute Gasteiger partial charge is 0.143 e. The van der Waals surface area contributed by atoms with Gasteiger partial charge in [-0.15, -0.1) is 0 Å². The summed E-state index contributed by atoms with van der Waals surface area (Å²) >= 11 is 5.66. The molecule has 1 fully saturated rings. The van der Waals surface area contributed by atoms with Gasteiger partial charge in [-0.2, -0.15) is 0 Å². The molecule has 1 aromatic rings. The maximum atomic E-state index is 13.4. The van der Waals surface area contributed by atoms with Crippen molar-refractivity contribution < 1.29 is 9.13 Å². The van der Waals surface area contributed by atoms with Gasteiger partial charge in [0.15, 0.2) is 0 Å².